The number of likely N-dealkylation sites (tertiary alicyclic amines) is 1. The van der Waals surface area contributed by atoms with Gasteiger partial charge in [0, 0.05) is 43.2 Å². The van der Waals surface area contributed by atoms with Crippen LogP contribution < -0.4 is 5.32 Å². The normalized spacial score (nSPS) is 17.5. The number of carbonyl (C=O) groups is 2. The number of carbonyl (C=O) groups excluding carboxylic acids is 2. The molecule has 1 saturated heterocycles. The molecule has 3 rings (SSSR count). The molecule has 0 bridgehead atoms. The number of nitrogens with one attached hydrogen (secondary N) is 2. The lowest BCUT2D eigenvalue weighted by atomic mass is 10.1. The van der Waals surface area contributed by atoms with Crippen molar-refractivity contribution in [2.45, 2.75) is 33.1 Å². The highest BCUT2D eigenvalue weighted by Gasteiger charge is 2.33. The molecular formula is C20H26FN3O2. The van der Waals surface area contributed by atoms with Crippen LogP contribution in [0, 0.1) is 17.7 Å². The van der Waals surface area contributed by atoms with Crippen LogP contribution in [0.1, 0.15) is 32.3 Å². The summed E-state index contributed by atoms with van der Waals surface area (Å²) in [4.78, 5) is 29.3. The lowest BCUT2D eigenvalue weighted by Crippen LogP contribution is -2.34. The molecule has 140 valence electrons. The van der Waals surface area contributed by atoms with Gasteiger partial charge in [-0.15, -0.1) is 0 Å². The van der Waals surface area contributed by atoms with E-state index in [-0.39, 0.29) is 30.0 Å². The first-order chi connectivity index (χ1) is 12.4. The van der Waals surface area contributed by atoms with E-state index in [2.05, 4.69) is 24.1 Å². The van der Waals surface area contributed by atoms with Gasteiger partial charge in [0.1, 0.15) is 5.82 Å². The Balaban J connectivity index is 1.54. The smallest absolute Gasteiger partial charge is 0.225 e. The Morgan fingerprint density at radius 3 is 3.00 bits per heavy atom. The average molecular weight is 359 g/mol. The molecule has 1 atom stereocenters. The van der Waals surface area contributed by atoms with Crippen molar-refractivity contribution >= 4 is 22.7 Å². The lowest BCUT2D eigenvalue weighted by molar-refractivity contribution is -0.129. The highest BCUT2D eigenvalue weighted by Crippen LogP contribution is 2.22. The van der Waals surface area contributed by atoms with Crippen molar-refractivity contribution in [3.8, 4) is 0 Å². The number of hydrogen-bond donors (Lipinski definition) is 2. The summed E-state index contributed by atoms with van der Waals surface area (Å²) in [5.41, 5.74) is 1.87. The Hall–Kier alpha value is -2.37. The Morgan fingerprint density at radius 1 is 1.42 bits per heavy atom. The number of rotatable bonds is 7. The summed E-state index contributed by atoms with van der Waals surface area (Å²) in [5.74, 6) is -0.0162. The molecule has 0 spiro atoms. The molecule has 2 amide bonds. The number of halogens is 1. The fraction of sp³-hybridized carbons (Fsp3) is 0.500. The predicted molar refractivity (Wildman–Crippen MR) is 99.1 cm³/mol. The molecule has 1 aliphatic heterocycles. The maximum atomic E-state index is 13.5. The van der Waals surface area contributed by atoms with Gasteiger partial charge in [0.15, 0.2) is 0 Å². The molecular weight excluding hydrogens is 333 g/mol. The third kappa shape index (κ3) is 4.23. The molecule has 0 unspecified atom stereocenters. The number of hydrogen-bond acceptors (Lipinski definition) is 2. The number of aromatic nitrogens is 1. The first-order valence-corrected chi connectivity index (χ1v) is 9.25. The SMILES string of the molecule is CC(C)CCNC(=O)[C@@H]1CC(=O)N(CCc2c[nH]c3ccc(F)cc23)C1. The third-order valence-electron chi connectivity index (χ3n) is 4.99. The van der Waals surface area contributed by atoms with Crippen molar-refractivity contribution in [2.75, 3.05) is 19.6 Å². The Bertz CT molecular complexity index is 799. The summed E-state index contributed by atoms with van der Waals surface area (Å²) in [7, 11) is 0. The van der Waals surface area contributed by atoms with Crippen LogP contribution in [-0.4, -0.2) is 41.3 Å². The largest absolute Gasteiger partial charge is 0.361 e. The van der Waals surface area contributed by atoms with E-state index in [4.69, 9.17) is 0 Å². The second-order valence-corrected chi connectivity index (χ2v) is 7.47. The fourth-order valence-electron chi connectivity index (χ4n) is 3.41. The molecule has 1 aromatic heterocycles. The van der Waals surface area contributed by atoms with Crippen molar-refractivity contribution in [3.05, 3.63) is 35.8 Å². The minimum absolute atomic E-state index is 0.0139. The zero-order chi connectivity index (χ0) is 18.7. The highest BCUT2D eigenvalue weighted by molar-refractivity contribution is 5.89. The van der Waals surface area contributed by atoms with Crippen LogP contribution >= 0.6 is 0 Å². The number of benzene rings is 1. The van der Waals surface area contributed by atoms with Gasteiger partial charge in [0.2, 0.25) is 11.8 Å². The van der Waals surface area contributed by atoms with Gasteiger partial charge in [-0.05, 0) is 42.5 Å². The van der Waals surface area contributed by atoms with Crippen LogP contribution in [0.25, 0.3) is 10.9 Å². The number of nitrogens with zero attached hydrogens (tertiary/aromatic N) is 1. The van der Waals surface area contributed by atoms with E-state index < -0.39 is 0 Å². The van der Waals surface area contributed by atoms with E-state index in [1.807, 2.05) is 6.20 Å². The highest BCUT2D eigenvalue weighted by atomic mass is 19.1. The molecule has 5 nitrogen and oxygen atoms in total. The number of fused-ring (bicyclic) bond motifs is 1. The van der Waals surface area contributed by atoms with Crippen molar-refractivity contribution in [1.29, 1.82) is 0 Å². The van der Waals surface area contributed by atoms with Crippen molar-refractivity contribution in [1.82, 2.24) is 15.2 Å². The number of aromatic amines is 1. The molecule has 0 saturated carbocycles. The first-order valence-electron chi connectivity index (χ1n) is 9.25. The molecule has 6 heteroatoms. The van der Waals surface area contributed by atoms with Crippen molar-refractivity contribution < 1.29 is 14.0 Å². The van der Waals surface area contributed by atoms with Crippen LogP contribution in [-0.2, 0) is 16.0 Å². The van der Waals surface area contributed by atoms with E-state index in [1.165, 1.54) is 12.1 Å². The maximum absolute atomic E-state index is 13.5. The molecule has 1 fully saturated rings. The van der Waals surface area contributed by atoms with Crippen LogP contribution in [0.15, 0.2) is 24.4 Å². The summed E-state index contributed by atoms with van der Waals surface area (Å²) in [5, 5.41) is 3.78. The molecule has 2 heterocycles. The monoisotopic (exact) mass is 359 g/mol. The summed E-state index contributed by atoms with van der Waals surface area (Å²) >= 11 is 0. The van der Waals surface area contributed by atoms with E-state index in [0.717, 1.165) is 22.9 Å². The molecule has 0 radical (unpaired) electrons. The van der Waals surface area contributed by atoms with Crippen LogP contribution in [0.4, 0.5) is 4.39 Å². The lowest BCUT2D eigenvalue weighted by Gasteiger charge is -2.16. The molecule has 1 aromatic carbocycles. The standard InChI is InChI=1S/C20H26FN3O2/c1-13(2)5-7-22-20(26)15-9-19(25)24(12-15)8-6-14-11-23-18-4-3-16(21)10-17(14)18/h3-4,10-11,13,15,23H,5-9,12H2,1-2H3,(H,22,26)/t15-/m1/s1. The zero-order valence-electron chi connectivity index (χ0n) is 15.3. The summed E-state index contributed by atoms with van der Waals surface area (Å²) < 4.78 is 13.5. The molecule has 26 heavy (non-hydrogen) atoms. The van der Waals surface area contributed by atoms with Gasteiger partial charge in [-0.2, -0.15) is 0 Å². The van der Waals surface area contributed by atoms with Gasteiger partial charge in [-0.3, -0.25) is 9.59 Å². The van der Waals surface area contributed by atoms with E-state index in [9.17, 15) is 14.0 Å². The quantitative estimate of drug-likeness (QED) is 0.798. The van der Waals surface area contributed by atoms with Crippen molar-refractivity contribution in [2.24, 2.45) is 11.8 Å². The van der Waals surface area contributed by atoms with Gasteiger partial charge in [-0.1, -0.05) is 13.8 Å². The topological polar surface area (TPSA) is 65.2 Å². The van der Waals surface area contributed by atoms with E-state index >= 15 is 0 Å². The van der Waals surface area contributed by atoms with E-state index in [0.29, 0.717) is 32.0 Å². The van der Waals surface area contributed by atoms with Gasteiger partial charge < -0.3 is 15.2 Å². The zero-order valence-corrected chi connectivity index (χ0v) is 15.3. The molecule has 2 aromatic rings. The van der Waals surface area contributed by atoms with Crippen molar-refractivity contribution in [3.63, 3.8) is 0 Å². The van der Waals surface area contributed by atoms with Crippen LogP contribution in [0.2, 0.25) is 0 Å². The van der Waals surface area contributed by atoms with Gasteiger partial charge >= 0.3 is 0 Å². The Kier molecular flexibility index (Phi) is 5.59. The Morgan fingerprint density at radius 2 is 2.23 bits per heavy atom. The summed E-state index contributed by atoms with van der Waals surface area (Å²) in [6.07, 6.45) is 3.71. The molecule has 0 aliphatic carbocycles. The maximum Gasteiger partial charge on any atom is 0.225 e. The Labute approximate surface area is 152 Å². The predicted octanol–water partition coefficient (Wildman–Crippen LogP) is 2.86. The number of amides is 2. The second-order valence-electron chi connectivity index (χ2n) is 7.47. The minimum atomic E-state index is -0.270. The van der Waals surface area contributed by atoms with Crippen LogP contribution in [0.5, 0.6) is 0 Å². The molecule has 2 N–H and O–H groups in total. The third-order valence-corrected chi connectivity index (χ3v) is 4.99. The van der Waals surface area contributed by atoms with Gasteiger partial charge in [0.05, 0.1) is 5.92 Å². The first kappa shape index (κ1) is 18.4. The van der Waals surface area contributed by atoms with Gasteiger partial charge in [0.25, 0.3) is 0 Å². The average Bonchev–Trinajstić information content (AvgIpc) is 3.15. The second kappa shape index (κ2) is 7.89. The minimum Gasteiger partial charge on any atom is -0.361 e. The number of H-pyrrole nitrogens is 1. The van der Waals surface area contributed by atoms with Gasteiger partial charge in [-0.25, -0.2) is 4.39 Å². The fourth-order valence-corrected chi connectivity index (χ4v) is 3.41. The van der Waals surface area contributed by atoms with Crippen LogP contribution in [0.3, 0.4) is 0 Å². The summed E-state index contributed by atoms with van der Waals surface area (Å²) in [6, 6.07) is 4.65. The summed E-state index contributed by atoms with van der Waals surface area (Å²) in [6.45, 7) is 5.89. The molecule has 1 aliphatic rings. The van der Waals surface area contributed by atoms with E-state index in [1.54, 1.807) is 11.0 Å².